The van der Waals surface area contributed by atoms with Gasteiger partial charge in [0.25, 0.3) is 5.91 Å². The number of aromatic amines is 1. The fraction of sp³-hybridized carbons (Fsp3) is 0.476. The van der Waals surface area contributed by atoms with E-state index in [1.165, 1.54) is 13.0 Å². The Kier molecular flexibility index (Phi) is 8.33. The van der Waals surface area contributed by atoms with Crippen LogP contribution in [0.1, 0.15) is 50.0 Å². The SMILES string of the molecule is CC[C@H](NS(=O)(=O)c1ccc(-c2sc(-c3nnn[nH]3)nc2C(=O)N2CCCC[C@H]2C)c(Cl)c1Cl)C(F)(F)F. The second-order valence-electron chi connectivity index (χ2n) is 8.65. The van der Waals surface area contributed by atoms with Gasteiger partial charge < -0.3 is 4.90 Å². The number of aromatic nitrogens is 5. The lowest BCUT2D eigenvalue weighted by atomic mass is 10.0. The lowest BCUT2D eigenvalue weighted by Gasteiger charge is -2.33. The van der Waals surface area contributed by atoms with Gasteiger partial charge in [-0.25, -0.2) is 18.5 Å². The van der Waals surface area contributed by atoms with Crippen molar-refractivity contribution >= 4 is 50.5 Å². The summed E-state index contributed by atoms with van der Waals surface area (Å²) < 4.78 is 66.8. The van der Waals surface area contributed by atoms with Crippen molar-refractivity contribution in [2.45, 2.75) is 62.7 Å². The van der Waals surface area contributed by atoms with Gasteiger partial charge >= 0.3 is 6.18 Å². The number of carbonyl (C=O) groups excluding carboxylic acids is 1. The van der Waals surface area contributed by atoms with Crippen LogP contribution < -0.4 is 4.72 Å². The van der Waals surface area contributed by atoms with E-state index < -0.39 is 38.6 Å². The Morgan fingerprint density at radius 3 is 2.63 bits per heavy atom. The fourth-order valence-corrected chi connectivity index (χ4v) is 7.33. The summed E-state index contributed by atoms with van der Waals surface area (Å²) in [6.45, 7) is 3.67. The molecule has 1 saturated heterocycles. The molecule has 3 aromatic rings. The van der Waals surface area contributed by atoms with Gasteiger partial charge in [0.2, 0.25) is 15.8 Å². The van der Waals surface area contributed by atoms with E-state index in [1.807, 2.05) is 6.92 Å². The molecule has 1 aromatic carbocycles. The minimum Gasteiger partial charge on any atom is -0.335 e. The van der Waals surface area contributed by atoms with Crippen LogP contribution in [0.5, 0.6) is 0 Å². The zero-order chi connectivity index (χ0) is 27.8. The van der Waals surface area contributed by atoms with Crippen molar-refractivity contribution < 1.29 is 26.4 Å². The summed E-state index contributed by atoms with van der Waals surface area (Å²) in [4.78, 5) is 19.4. The standard InChI is InChI=1S/C21H22Cl2F3N7O3S2/c1-3-13(21(24,25)26)30-38(35,36)12-8-7-11(14(22)15(12)23)17-16(20(34)33-9-5-4-6-10(33)2)27-19(37-17)18-28-31-32-29-18/h7-8,10,13,30H,3-6,9H2,1-2H3,(H,28,29,31,32)/t10-,13+/m1/s1. The molecule has 0 aliphatic carbocycles. The summed E-state index contributed by atoms with van der Waals surface area (Å²) in [5, 5.41) is 13.0. The van der Waals surface area contributed by atoms with Crippen LogP contribution in [0.4, 0.5) is 13.2 Å². The number of amides is 1. The van der Waals surface area contributed by atoms with Crippen molar-refractivity contribution in [2.24, 2.45) is 0 Å². The maximum absolute atomic E-state index is 13.6. The quantitative estimate of drug-likeness (QED) is 0.387. The van der Waals surface area contributed by atoms with Crippen molar-refractivity contribution in [1.29, 1.82) is 0 Å². The van der Waals surface area contributed by atoms with E-state index in [1.54, 1.807) is 9.62 Å². The smallest absolute Gasteiger partial charge is 0.335 e. The van der Waals surface area contributed by atoms with Gasteiger partial charge in [-0.1, -0.05) is 36.2 Å². The average Bonchev–Trinajstić information content (AvgIpc) is 3.53. The van der Waals surface area contributed by atoms with Crippen LogP contribution in [0.2, 0.25) is 10.0 Å². The van der Waals surface area contributed by atoms with Crippen LogP contribution in [0.25, 0.3) is 21.3 Å². The highest BCUT2D eigenvalue weighted by molar-refractivity contribution is 7.89. The first-order chi connectivity index (χ1) is 17.8. The van der Waals surface area contributed by atoms with Crippen LogP contribution in [-0.2, 0) is 10.0 Å². The minimum absolute atomic E-state index is 0.0287. The third-order valence-electron chi connectivity index (χ3n) is 6.12. The molecule has 2 atom stereocenters. The Hall–Kier alpha value is -2.33. The van der Waals surface area contributed by atoms with E-state index in [0.717, 1.165) is 36.7 Å². The van der Waals surface area contributed by atoms with E-state index in [9.17, 15) is 26.4 Å². The number of nitrogens with one attached hydrogen (secondary N) is 2. The molecule has 0 spiro atoms. The highest BCUT2D eigenvalue weighted by atomic mass is 35.5. The second kappa shape index (κ2) is 11.0. The molecule has 1 amide bonds. The molecule has 0 radical (unpaired) electrons. The number of halogens is 5. The van der Waals surface area contributed by atoms with Crippen LogP contribution in [0.15, 0.2) is 17.0 Å². The highest BCUT2D eigenvalue weighted by Crippen LogP contribution is 2.43. The van der Waals surface area contributed by atoms with Gasteiger partial charge in [0.05, 0.1) is 14.9 Å². The molecular weight excluding hydrogens is 590 g/mol. The number of tetrazole rings is 1. The van der Waals surface area contributed by atoms with Crippen LogP contribution in [-0.4, -0.2) is 69.6 Å². The van der Waals surface area contributed by atoms with Gasteiger partial charge in [-0.2, -0.15) is 17.9 Å². The normalized spacial score (nSPS) is 17.6. The third kappa shape index (κ3) is 5.66. The van der Waals surface area contributed by atoms with Crippen molar-refractivity contribution in [1.82, 2.24) is 35.2 Å². The van der Waals surface area contributed by atoms with Gasteiger partial charge in [0, 0.05) is 18.2 Å². The summed E-state index contributed by atoms with van der Waals surface area (Å²) in [7, 11) is -4.69. The molecule has 1 fully saturated rings. The summed E-state index contributed by atoms with van der Waals surface area (Å²) >= 11 is 13.8. The number of alkyl halides is 3. The van der Waals surface area contributed by atoms with Gasteiger partial charge in [0.1, 0.15) is 16.6 Å². The molecule has 17 heteroatoms. The van der Waals surface area contributed by atoms with Crippen molar-refractivity contribution in [3.63, 3.8) is 0 Å². The molecule has 2 aromatic heterocycles. The lowest BCUT2D eigenvalue weighted by molar-refractivity contribution is -0.151. The number of H-pyrrole nitrogens is 1. The number of benzene rings is 1. The zero-order valence-electron chi connectivity index (χ0n) is 20.0. The molecule has 3 heterocycles. The van der Waals surface area contributed by atoms with E-state index in [4.69, 9.17) is 23.2 Å². The van der Waals surface area contributed by atoms with Crippen molar-refractivity contribution in [2.75, 3.05) is 6.54 Å². The summed E-state index contributed by atoms with van der Waals surface area (Å²) in [6.07, 6.45) is -2.67. The third-order valence-corrected chi connectivity index (χ3v) is 9.73. The molecule has 0 bridgehead atoms. The maximum atomic E-state index is 13.6. The van der Waals surface area contributed by atoms with Gasteiger partial charge in [-0.15, -0.1) is 16.4 Å². The molecular formula is C21H22Cl2F3N7O3S2. The number of thiazole rings is 1. The van der Waals surface area contributed by atoms with E-state index in [-0.39, 0.29) is 43.9 Å². The van der Waals surface area contributed by atoms with Crippen LogP contribution in [0.3, 0.4) is 0 Å². The largest absolute Gasteiger partial charge is 0.404 e. The molecule has 206 valence electrons. The number of sulfonamides is 1. The second-order valence-corrected chi connectivity index (χ2v) is 12.1. The molecule has 10 nitrogen and oxygen atoms in total. The molecule has 1 aliphatic rings. The molecule has 0 unspecified atom stereocenters. The Balaban J connectivity index is 1.79. The number of hydrogen-bond donors (Lipinski definition) is 2. The van der Waals surface area contributed by atoms with Gasteiger partial charge in [-0.3, -0.25) is 4.79 Å². The van der Waals surface area contributed by atoms with Crippen LogP contribution in [0, 0.1) is 0 Å². The molecule has 2 N–H and O–H groups in total. The summed E-state index contributed by atoms with van der Waals surface area (Å²) in [6, 6.07) is -0.0115. The number of likely N-dealkylation sites (tertiary alicyclic amines) is 1. The maximum Gasteiger partial charge on any atom is 0.404 e. The number of rotatable bonds is 7. The fourth-order valence-electron chi connectivity index (χ4n) is 4.08. The number of nitrogens with zero attached hydrogens (tertiary/aromatic N) is 5. The Morgan fingerprint density at radius 1 is 1.29 bits per heavy atom. The van der Waals surface area contributed by atoms with Crippen molar-refractivity contribution in [3.8, 4) is 21.3 Å². The lowest BCUT2D eigenvalue weighted by Crippen LogP contribution is -2.44. The molecule has 1 aliphatic heterocycles. The zero-order valence-corrected chi connectivity index (χ0v) is 23.2. The van der Waals surface area contributed by atoms with Gasteiger partial charge in [-0.05, 0) is 49.1 Å². The molecule has 38 heavy (non-hydrogen) atoms. The Morgan fingerprint density at radius 2 is 2.03 bits per heavy atom. The Labute approximate surface area is 230 Å². The summed E-state index contributed by atoms with van der Waals surface area (Å²) in [5.41, 5.74) is 0.229. The molecule has 4 rings (SSSR count). The number of hydrogen-bond acceptors (Lipinski definition) is 8. The van der Waals surface area contributed by atoms with Gasteiger partial charge in [0.15, 0.2) is 5.01 Å². The van der Waals surface area contributed by atoms with E-state index >= 15 is 0 Å². The monoisotopic (exact) mass is 611 g/mol. The number of carbonyl (C=O) groups is 1. The number of piperidine rings is 1. The molecule has 0 saturated carbocycles. The highest BCUT2D eigenvalue weighted by Gasteiger charge is 2.41. The van der Waals surface area contributed by atoms with E-state index in [2.05, 4.69) is 25.6 Å². The first-order valence-electron chi connectivity index (χ1n) is 11.5. The van der Waals surface area contributed by atoms with Crippen molar-refractivity contribution in [3.05, 3.63) is 27.9 Å². The predicted molar refractivity (Wildman–Crippen MR) is 136 cm³/mol. The van der Waals surface area contributed by atoms with E-state index in [0.29, 0.717) is 6.54 Å². The summed E-state index contributed by atoms with van der Waals surface area (Å²) in [5.74, 6) is -0.158. The first-order valence-corrected chi connectivity index (χ1v) is 14.5. The minimum atomic E-state index is -4.80. The van der Waals surface area contributed by atoms with Crippen LogP contribution >= 0.6 is 34.5 Å². The average molecular weight is 612 g/mol. The first kappa shape index (κ1) is 28.7. The topological polar surface area (TPSA) is 134 Å². The predicted octanol–water partition coefficient (Wildman–Crippen LogP) is 4.93. The Bertz CT molecular complexity index is 1430.